The second-order valence-electron chi connectivity index (χ2n) is 1.74. The lowest BCUT2D eigenvalue weighted by Gasteiger charge is -2.06. The predicted octanol–water partition coefficient (Wildman–Crippen LogP) is -0.186. The maximum absolute atomic E-state index is 10.2. The third kappa shape index (κ3) is 3.42. The van der Waals surface area contributed by atoms with E-state index in [-0.39, 0.29) is 6.42 Å². The van der Waals surface area contributed by atoms with Crippen LogP contribution < -0.4 is 5.32 Å². The van der Waals surface area contributed by atoms with Crippen LogP contribution in [0.4, 0.5) is 0 Å². The first kappa shape index (κ1) is 9.39. The van der Waals surface area contributed by atoms with Crippen LogP contribution in [0.1, 0.15) is 6.42 Å². The highest BCUT2D eigenvalue weighted by atomic mass is 35.5. The normalized spacial score (nSPS) is 12.6. The number of nitrogens with one attached hydrogen (secondary N) is 1. The number of aliphatic carboxylic acids is 1. The molecule has 58 valence electrons. The number of carboxylic acid groups (broad SMARTS) is 1. The first-order valence-corrected chi connectivity index (χ1v) is 3.04. The highest BCUT2D eigenvalue weighted by Crippen LogP contribution is 1.95. The van der Waals surface area contributed by atoms with Crippen LogP contribution in [-0.4, -0.2) is 29.4 Å². The molecule has 0 aromatic heterocycles. The maximum atomic E-state index is 10.2. The summed E-state index contributed by atoms with van der Waals surface area (Å²) in [5.41, 5.74) is 0. The predicted molar refractivity (Wildman–Crippen MR) is 36.0 cm³/mol. The minimum absolute atomic E-state index is 0.187. The number of carbonyl (C=O) groups excluding carboxylic acids is 1. The Labute approximate surface area is 63.2 Å². The van der Waals surface area contributed by atoms with E-state index in [2.05, 4.69) is 5.32 Å². The standard InChI is InChI=1S/C5H8ClNO3/c1-7-3(5(9)10)2-4(6)8/h3,7H,2H2,1H3,(H,9,10). The third-order valence-corrected chi connectivity index (χ3v) is 1.17. The molecule has 0 spiro atoms. The molecule has 0 rings (SSSR count). The summed E-state index contributed by atoms with van der Waals surface area (Å²) in [6.07, 6.45) is -0.187. The van der Waals surface area contributed by atoms with Gasteiger partial charge in [0.2, 0.25) is 5.24 Å². The third-order valence-electron chi connectivity index (χ3n) is 1.01. The fourth-order valence-electron chi connectivity index (χ4n) is 0.473. The Balaban J connectivity index is 3.83. The summed E-state index contributed by atoms with van der Waals surface area (Å²) in [5.74, 6) is -1.07. The summed E-state index contributed by atoms with van der Waals surface area (Å²) in [4.78, 5) is 20.4. The summed E-state index contributed by atoms with van der Waals surface area (Å²) in [6.45, 7) is 0. The molecule has 0 radical (unpaired) electrons. The highest BCUT2D eigenvalue weighted by molar-refractivity contribution is 6.63. The van der Waals surface area contributed by atoms with Crippen LogP contribution in [0.5, 0.6) is 0 Å². The molecule has 10 heavy (non-hydrogen) atoms. The van der Waals surface area contributed by atoms with E-state index in [1.165, 1.54) is 7.05 Å². The zero-order valence-corrected chi connectivity index (χ0v) is 6.18. The van der Waals surface area contributed by atoms with Crippen molar-refractivity contribution >= 4 is 22.8 Å². The Bertz CT molecular complexity index is 148. The molecular weight excluding hydrogens is 158 g/mol. The molecule has 0 aliphatic carbocycles. The molecule has 0 heterocycles. The number of hydrogen-bond donors (Lipinski definition) is 2. The molecule has 0 aromatic rings. The summed E-state index contributed by atoms with van der Waals surface area (Å²) in [6, 6.07) is -0.870. The lowest BCUT2D eigenvalue weighted by atomic mass is 10.2. The fourth-order valence-corrected chi connectivity index (χ4v) is 0.628. The van der Waals surface area contributed by atoms with Gasteiger partial charge in [0.05, 0.1) is 0 Å². The van der Waals surface area contributed by atoms with Crippen LogP contribution in [0, 0.1) is 0 Å². The Morgan fingerprint density at radius 3 is 2.30 bits per heavy atom. The highest BCUT2D eigenvalue weighted by Gasteiger charge is 2.17. The Morgan fingerprint density at radius 1 is 1.70 bits per heavy atom. The number of halogens is 1. The summed E-state index contributed by atoms with van der Waals surface area (Å²) >= 11 is 4.95. The molecule has 4 nitrogen and oxygen atoms in total. The second kappa shape index (κ2) is 4.24. The minimum atomic E-state index is -1.07. The topological polar surface area (TPSA) is 66.4 Å². The molecule has 0 bridgehead atoms. The monoisotopic (exact) mass is 165 g/mol. The zero-order valence-electron chi connectivity index (χ0n) is 5.43. The summed E-state index contributed by atoms with van der Waals surface area (Å²) < 4.78 is 0. The van der Waals surface area contributed by atoms with Gasteiger partial charge in [0.1, 0.15) is 6.04 Å². The van der Waals surface area contributed by atoms with Gasteiger partial charge in [-0.05, 0) is 18.6 Å². The van der Waals surface area contributed by atoms with E-state index in [9.17, 15) is 9.59 Å². The summed E-state index contributed by atoms with van der Waals surface area (Å²) in [5, 5.41) is 10.1. The van der Waals surface area contributed by atoms with Crippen molar-refractivity contribution in [2.45, 2.75) is 12.5 Å². The van der Waals surface area contributed by atoms with Crippen LogP contribution in [0.25, 0.3) is 0 Å². The minimum Gasteiger partial charge on any atom is -0.480 e. The van der Waals surface area contributed by atoms with E-state index in [4.69, 9.17) is 16.7 Å². The van der Waals surface area contributed by atoms with Gasteiger partial charge < -0.3 is 10.4 Å². The number of carbonyl (C=O) groups is 2. The number of hydrogen-bond acceptors (Lipinski definition) is 3. The lowest BCUT2D eigenvalue weighted by Crippen LogP contribution is -2.34. The van der Waals surface area contributed by atoms with Gasteiger partial charge in [-0.25, -0.2) is 0 Å². The van der Waals surface area contributed by atoms with Crippen molar-refractivity contribution < 1.29 is 14.7 Å². The van der Waals surface area contributed by atoms with Gasteiger partial charge in [-0.1, -0.05) is 0 Å². The van der Waals surface area contributed by atoms with Gasteiger partial charge in [-0.3, -0.25) is 9.59 Å². The molecule has 0 aromatic carbocycles. The Morgan fingerprint density at radius 2 is 2.20 bits per heavy atom. The van der Waals surface area contributed by atoms with Crippen LogP contribution >= 0.6 is 11.6 Å². The number of carboxylic acids is 1. The van der Waals surface area contributed by atoms with Gasteiger partial charge in [0.15, 0.2) is 0 Å². The van der Waals surface area contributed by atoms with E-state index >= 15 is 0 Å². The van der Waals surface area contributed by atoms with Crippen LogP contribution in [-0.2, 0) is 9.59 Å². The average molecular weight is 166 g/mol. The van der Waals surface area contributed by atoms with Crippen molar-refractivity contribution in [2.24, 2.45) is 0 Å². The van der Waals surface area contributed by atoms with Crippen molar-refractivity contribution in [3.05, 3.63) is 0 Å². The molecule has 1 atom stereocenters. The summed E-state index contributed by atoms with van der Waals surface area (Å²) in [7, 11) is 1.46. The van der Waals surface area contributed by atoms with Gasteiger partial charge in [0.25, 0.3) is 0 Å². The van der Waals surface area contributed by atoms with E-state index in [0.717, 1.165) is 0 Å². The molecular formula is C5H8ClNO3. The number of rotatable bonds is 4. The number of likely N-dealkylation sites (N-methyl/N-ethyl adjacent to an activating group) is 1. The molecule has 0 saturated heterocycles. The molecule has 0 fully saturated rings. The van der Waals surface area contributed by atoms with Crippen molar-refractivity contribution in [3.63, 3.8) is 0 Å². The SMILES string of the molecule is CNC(CC(=O)Cl)C(=O)O. The van der Waals surface area contributed by atoms with Gasteiger partial charge in [0, 0.05) is 6.42 Å². The first-order valence-electron chi connectivity index (χ1n) is 2.66. The van der Waals surface area contributed by atoms with Crippen molar-refractivity contribution in [1.82, 2.24) is 5.32 Å². The van der Waals surface area contributed by atoms with Gasteiger partial charge >= 0.3 is 5.97 Å². The Hall–Kier alpha value is -0.610. The van der Waals surface area contributed by atoms with Crippen LogP contribution in [0.2, 0.25) is 0 Å². The molecule has 2 N–H and O–H groups in total. The van der Waals surface area contributed by atoms with Gasteiger partial charge in [-0.15, -0.1) is 0 Å². The molecule has 1 unspecified atom stereocenters. The fraction of sp³-hybridized carbons (Fsp3) is 0.600. The quantitative estimate of drug-likeness (QED) is 0.567. The molecule has 0 aliphatic rings. The average Bonchev–Trinajstić information content (AvgIpc) is 1.81. The molecule has 0 amide bonds. The molecule has 0 saturated carbocycles. The molecule has 0 aliphatic heterocycles. The first-order chi connectivity index (χ1) is 4.57. The smallest absolute Gasteiger partial charge is 0.321 e. The van der Waals surface area contributed by atoms with Gasteiger partial charge in [-0.2, -0.15) is 0 Å². The van der Waals surface area contributed by atoms with Crippen molar-refractivity contribution in [1.29, 1.82) is 0 Å². The second-order valence-corrected chi connectivity index (χ2v) is 2.16. The largest absolute Gasteiger partial charge is 0.480 e. The van der Waals surface area contributed by atoms with E-state index in [1.54, 1.807) is 0 Å². The maximum Gasteiger partial charge on any atom is 0.321 e. The van der Waals surface area contributed by atoms with E-state index in [1.807, 2.05) is 0 Å². The van der Waals surface area contributed by atoms with Crippen LogP contribution in [0.15, 0.2) is 0 Å². The van der Waals surface area contributed by atoms with E-state index < -0.39 is 17.3 Å². The zero-order chi connectivity index (χ0) is 8.15. The Kier molecular flexibility index (Phi) is 3.99. The van der Waals surface area contributed by atoms with Crippen molar-refractivity contribution in [3.8, 4) is 0 Å². The lowest BCUT2D eigenvalue weighted by molar-refractivity contribution is -0.140. The molecule has 5 heteroatoms. The van der Waals surface area contributed by atoms with Crippen LogP contribution in [0.3, 0.4) is 0 Å². The van der Waals surface area contributed by atoms with E-state index in [0.29, 0.717) is 0 Å². The van der Waals surface area contributed by atoms with Crippen molar-refractivity contribution in [2.75, 3.05) is 7.05 Å².